The van der Waals surface area contributed by atoms with Crippen molar-refractivity contribution in [2.75, 3.05) is 13.6 Å². The smallest absolute Gasteiger partial charge is 0.410 e. The Labute approximate surface area is 224 Å². The molecule has 1 aromatic carbocycles. The molecule has 38 heavy (non-hydrogen) atoms. The van der Waals surface area contributed by atoms with Crippen LogP contribution in [0.3, 0.4) is 0 Å². The fourth-order valence-corrected chi connectivity index (χ4v) is 5.29. The molecule has 8 heteroatoms. The average molecular weight is 523 g/mol. The van der Waals surface area contributed by atoms with Crippen molar-refractivity contribution >= 4 is 22.9 Å². The summed E-state index contributed by atoms with van der Waals surface area (Å²) < 4.78 is 21.9. The van der Waals surface area contributed by atoms with E-state index in [1.165, 1.54) is 12.1 Å². The van der Waals surface area contributed by atoms with E-state index in [9.17, 15) is 14.0 Å². The van der Waals surface area contributed by atoms with Crippen LogP contribution in [-0.4, -0.2) is 62.6 Å². The fourth-order valence-electron chi connectivity index (χ4n) is 5.29. The van der Waals surface area contributed by atoms with Gasteiger partial charge in [-0.3, -0.25) is 9.78 Å². The minimum Gasteiger partial charge on any atom is -0.444 e. The number of benzene rings is 1. The normalized spacial score (nSPS) is 17.9. The first-order valence-corrected chi connectivity index (χ1v) is 13.3. The zero-order valence-corrected chi connectivity index (χ0v) is 23.7. The first kappa shape index (κ1) is 27.6. The van der Waals surface area contributed by atoms with Crippen molar-refractivity contribution in [1.29, 1.82) is 0 Å². The van der Waals surface area contributed by atoms with Crippen LogP contribution in [0.2, 0.25) is 0 Å². The van der Waals surface area contributed by atoms with Crippen molar-refractivity contribution < 1.29 is 18.7 Å². The van der Waals surface area contributed by atoms with Crippen molar-refractivity contribution in [2.24, 2.45) is 5.92 Å². The summed E-state index contributed by atoms with van der Waals surface area (Å²) in [5.41, 5.74) is 3.38. The summed E-state index contributed by atoms with van der Waals surface area (Å²) >= 11 is 0. The molecule has 3 aromatic rings. The van der Waals surface area contributed by atoms with Gasteiger partial charge >= 0.3 is 6.09 Å². The number of nitrogens with zero attached hydrogens (tertiary/aromatic N) is 4. The Bertz CT molecular complexity index is 1360. The summed E-state index contributed by atoms with van der Waals surface area (Å²) in [5, 5.41) is 1.07. The molecular weight excluding hydrogens is 483 g/mol. The Morgan fingerprint density at radius 3 is 2.61 bits per heavy atom. The number of amides is 2. The molecule has 0 radical (unpaired) electrons. The molecule has 0 bridgehead atoms. The molecule has 1 fully saturated rings. The third kappa shape index (κ3) is 5.54. The Morgan fingerprint density at radius 1 is 1.24 bits per heavy atom. The third-order valence-corrected chi connectivity index (χ3v) is 7.32. The van der Waals surface area contributed by atoms with Crippen LogP contribution in [0, 0.1) is 18.7 Å². The van der Waals surface area contributed by atoms with Crippen LogP contribution in [-0.2, 0) is 11.2 Å². The highest BCUT2D eigenvalue weighted by molar-refractivity contribution is 5.99. The number of ether oxygens (including phenoxy) is 1. The molecule has 3 heterocycles. The van der Waals surface area contributed by atoms with Gasteiger partial charge in [-0.1, -0.05) is 0 Å². The summed E-state index contributed by atoms with van der Waals surface area (Å²) in [6.07, 6.45) is 7.02. The maximum atomic E-state index is 14.3. The Kier molecular flexibility index (Phi) is 7.55. The molecule has 2 aromatic heterocycles. The van der Waals surface area contributed by atoms with E-state index in [1.807, 2.05) is 63.4 Å². The van der Waals surface area contributed by atoms with Crippen molar-refractivity contribution in [3.05, 3.63) is 59.3 Å². The summed E-state index contributed by atoms with van der Waals surface area (Å²) in [7, 11) is 1.73. The lowest BCUT2D eigenvalue weighted by Crippen LogP contribution is -2.38. The number of carbonyl (C=O) groups excluding carboxylic acids is 2. The molecule has 1 saturated heterocycles. The van der Waals surface area contributed by atoms with E-state index in [-0.39, 0.29) is 30.0 Å². The van der Waals surface area contributed by atoms with Gasteiger partial charge in [0, 0.05) is 43.5 Å². The number of hydrogen-bond acceptors (Lipinski definition) is 4. The fraction of sp³-hybridized carbons (Fsp3) is 0.500. The van der Waals surface area contributed by atoms with Gasteiger partial charge < -0.3 is 19.1 Å². The molecule has 0 N–H and O–H groups in total. The van der Waals surface area contributed by atoms with Crippen LogP contribution >= 0.6 is 0 Å². The van der Waals surface area contributed by atoms with E-state index < -0.39 is 11.4 Å². The first-order chi connectivity index (χ1) is 17.8. The van der Waals surface area contributed by atoms with Gasteiger partial charge in [0.15, 0.2) is 0 Å². The highest BCUT2D eigenvalue weighted by Crippen LogP contribution is 2.34. The number of aromatic nitrogens is 2. The number of carbonyl (C=O) groups is 2. The number of rotatable bonds is 5. The lowest BCUT2D eigenvalue weighted by atomic mass is 9.96. The Morgan fingerprint density at radius 2 is 1.95 bits per heavy atom. The SMILES string of the molecule is Cc1cncc2c1c(C[C@H]1C[C@H](C)N(C(=O)OC(C)(C)C)C1)cn2-c1ccc(F)cc1C(=O)N(C)C(C)C. The summed E-state index contributed by atoms with van der Waals surface area (Å²) in [6, 6.07) is 4.40. The van der Waals surface area contributed by atoms with Gasteiger partial charge in [-0.15, -0.1) is 0 Å². The third-order valence-electron chi connectivity index (χ3n) is 7.32. The molecule has 4 rings (SSSR count). The van der Waals surface area contributed by atoms with Gasteiger partial charge in [-0.05, 0) is 96.6 Å². The van der Waals surface area contributed by atoms with Crippen molar-refractivity contribution in [3.63, 3.8) is 0 Å². The maximum absolute atomic E-state index is 14.3. The van der Waals surface area contributed by atoms with Crippen LogP contribution < -0.4 is 0 Å². The second kappa shape index (κ2) is 10.4. The zero-order chi connectivity index (χ0) is 27.9. The molecule has 204 valence electrons. The maximum Gasteiger partial charge on any atom is 0.410 e. The van der Waals surface area contributed by atoms with Crippen LogP contribution in [0.4, 0.5) is 9.18 Å². The van der Waals surface area contributed by atoms with Gasteiger partial charge in [0.1, 0.15) is 11.4 Å². The number of aryl methyl sites for hydroxylation is 1. The van der Waals surface area contributed by atoms with Gasteiger partial charge in [0.25, 0.3) is 5.91 Å². The molecule has 0 spiro atoms. The molecule has 0 saturated carbocycles. The number of likely N-dealkylation sites (tertiary alicyclic amines) is 1. The molecule has 1 aliphatic rings. The number of hydrogen-bond donors (Lipinski definition) is 0. The highest BCUT2D eigenvalue weighted by atomic mass is 19.1. The van der Waals surface area contributed by atoms with Gasteiger partial charge in [0.05, 0.1) is 23.0 Å². The Hall–Kier alpha value is -3.42. The molecule has 7 nitrogen and oxygen atoms in total. The predicted molar refractivity (Wildman–Crippen MR) is 147 cm³/mol. The topological polar surface area (TPSA) is 67.7 Å². The van der Waals surface area contributed by atoms with Gasteiger partial charge in [0.2, 0.25) is 0 Å². The largest absolute Gasteiger partial charge is 0.444 e. The van der Waals surface area contributed by atoms with E-state index >= 15 is 0 Å². The first-order valence-electron chi connectivity index (χ1n) is 13.3. The number of halogens is 1. The second-order valence-corrected chi connectivity index (χ2v) is 11.8. The highest BCUT2D eigenvalue weighted by Gasteiger charge is 2.35. The van der Waals surface area contributed by atoms with Gasteiger partial charge in [-0.25, -0.2) is 9.18 Å². The zero-order valence-electron chi connectivity index (χ0n) is 23.7. The van der Waals surface area contributed by atoms with E-state index in [1.54, 1.807) is 24.2 Å². The van der Waals surface area contributed by atoms with E-state index in [0.29, 0.717) is 17.8 Å². The van der Waals surface area contributed by atoms with Crippen LogP contribution in [0.25, 0.3) is 16.6 Å². The monoisotopic (exact) mass is 522 g/mol. The Balaban J connectivity index is 1.72. The lowest BCUT2D eigenvalue weighted by Gasteiger charge is -2.27. The molecule has 0 aliphatic carbocycles. The molecule has 2 atom stereocenters. The molecular formula is C30H39FN4O3. The van der Waals surface area contributed by atoms with E-state index in [4.69, 9.17) is 4.74 Å². The summed E-state index contributed by atoms with van der Waals surface area (Å²) in [6.45, 7) is 14.2. The number of pyridine rings is 1. The van der Waals surface area contributed by atoms with Crippen LogP contribution in [0.5, 0.6) is 0 Å². The van der Waals surface area contributed by atoms with Crippen molar-refractivity contribution in [2.45, 2.75) is 79.0 Å². The standard InChI is InChI=1S/C30H39FN4O3/c1-18(2)33(8)28(36)24-13-23(31)9-10-25(24)35-17-22(27-19(3)14-32-15-26(27)35)12-21-11-20(4)34(16-21)29(37)38-30(5,6)7/h9-10,13-15,17-18,20-21H,11-12,16H2,1-8H3/t20-,21+/m0/s1. The van der Waals surface area contributed by atoms with E-state index in [2.05, 4.69) is 11.9 Å². The quantitative estimate of drug-likeness (QED) is 0.404. The minimum absolute atomic E-state index is 0.0308. The lowest BCUT2D eigenvalue weighted by molar-refractivity contribution is 0.0233. The van der Waals surface area contributed by atoms with Crippen LogP contribution in [0.1, 0.15) is 69.4 Å². The van der Waals surface area contributed by atoms with Crippen molar-refractivity contribution in [3.8, 4) is 5.69 Å². The average Bonchev–Trinajstić information content (AvgIpc) is 3.38. The van der Waals surface area contributed by atoms with Gasteiger partial charge in [-0.2, -0.15) is 0 Å². The predicted octanol–water partition coefficient (Wildman–Crippen LogP) is 6.14. The molecule has 1 aliphatic heterocycles. The van der Waals surface area contributed by atoms with E-state index in [0.717, 1.165) is 34.9 Å². The molecule has 0 unspecified atom stereocenters. The second-order valence-electron chi connectivity index (χ2n) is 11.8. The van der Waals surface area contributed by atoms with Crippen molar-refractivity contribution in [1.82, 2.24) is 19.4 Å². The van der Waals surface area contributed by atoms with Crippen LogP contribution in [0.15, 0.2) is 36.8 Å². The molecule has 2 amide bonds. The summed E-state index contributed by atoms with van der Waals surface area (Å²) in [4.78, 5) is 34.0. The number of fused-ring (bicyclic) bond motifs is 1. The minimum atomic E-state index is -0.541. The summed E-state index contributed by atoms with van der Waals surface area (Å²) in [5.74, 6) is -0.441.